The highest BCUT2D eigenvalue weighted by Gasteiger charge is 2.35. The second kappa shape index (κ2) is 11.8. The van der Waals surface area contributed by atoms with Crippen molar-refractivity contribution in [2.45, 2.75) is 65.0 Å². The number of rotatable bonds is 9. The monoisotopic (exact) mass is 474 g/mol. The first-order valence-electron chi connectivity index (χ1n) is 12.4. The van der Waals surface area contributed by atoms with Crippen LogP contribution >= 0.6 is 0 Å². The number of nitrogens with zero attached hydrogens (tertiary/aromatic N) is 1. The van der Waals surface area contributed by atoms with Crippen molar-refractivity contribution in [1.82, 2.24) is 15.5 Å². The number of hydrogen-bond acceptors (Lipinski definition) is 4. The Bertz CT molecular complexity index is 1070. The Hall–Kier alpha value is -3.41. The maximum absolute atomic E-state index is 13.5. The topological polar surface area (TPSA) is 85.3 Å². The molecule has 6 nitrogen and oxygen atoms in total. The van der Waals surface area contributed by atoms with Gasteiger partial charge in [-0.15, -0.1) is 0 Å². The summed E-state index contributed by atoms with van der Waals surface area (Å²) in [5, 5.41) is 14.3. The molecule has 2 aromatic carbocycles. The number of hydrogen-bond donors (Lipinski definition) is 3. The van der Waals surface area contributed by atoms with E-state index in [0.717, 1.165) is 23.2 Å². The fourth-order valence-electron chi connectivity index (χ4n) is 4.60. The van der Waals surface area contributed by atoms with E-state index in [1.54, 1.807) is 18.9 Å². The molecule has 3 N–H and O–H groups in total. The molecular weight excluding hydrogens is 436 g/mol. The third kappa shape index (κ3) is 6.38. The van der Waals surface area contributed by atoms with E-state index in [1.165, 1.54) is 5.56 Å². The summed E-state index contributed by atoms with van der Waals surface area (Å²) in [5.41, 5.74) is 5.11. The smallest absolute Gasteiger partial charge is 0.243 e. The van der Waals surface area contributed by atoms with Crippen LogP contribution in [0.25, 0.3) is 0 Å². The number of amides is 2. The van der Waals surface area contributed by atoms with Crippen LogP contribution in [0.5, 0.6) is 0 Å². The van der Waals surface area contributed by atoms with Crippen molar-refractivity contribution < 1.29 is 9.59 Å². The Labute approximate surface area is 209 Å². The van der Waals surface area contributed by atoms with Gasteiger partial charge in [-0.05, 0) is 49.3 Å². The molecule has 35 heavy (non-hydrogen) atoms. The molecule has 2 aromatic rings. The van der Waals surface area contributed by atoms with E-state index in [1.807, 2.05) is 37.3 Å². The summed E-state index contributed by atoms with van der Waals surface area (Å²) in [4.78, 5) is 28.4. The maximum Gasteiger partial charge on any atom is 0.243 e. The molecule has 2 atom stereocenters. The molecule has 1 aliphatic heterocycles. The van der Waals surface area contributed by atoms with Crippen LogP contribution in [-0.4, -0.2) is 42.1 Å². The van der Waals surface area contributed by atoms with Crippen LogP contribution in [0.3, 0.4) is 0 Å². The summed E-state index contributed by atoms with van der Waals surface area (Å²) in [6, 6.07) is 17.5. The predicted octanol–water partition coefficient (Wildman–Crippen LogP) is 4.93. The lowest BCUT2D eigenvalue weighted by Crippen LogP contribution is -2.47. The van der Waals surface area contributed by atoms with E-state index >= 15 is 0 Å². The Kier molecular flexibility index (Phi) is 8.85. The molecule has 0 spiro atoms. The van der Waals surface area contributed by atoms with Crippen LogP contribution in [0.2, 0.25) is 0 Å². The predicted molar refractivity (Wildman–Crippen MR) is 141 cm³/mol. The van der Waals surface area contributed by atoms with Gasteiger partial charge in [0.1, 0.15) is 6.04 Å². The molecule has 2 amide bonds. The SMILES string of the molecule is CN/C(C)=C(/CC(=O)N1CCC[C@H]1C(=O)N[C@@H](c1ccccc1)c1ccc(C(C)C)cc1)C(C)=N. The fourth-order valence-corrected chi connectivity index (χ4v) is 4.60. The largest absolute Gasteiger partial charge is 0.391 e. The van der Waals surface area contributed by atoms with Gasteiger partial charge in [-0.25, -0.2) is 0 Å². The fraction of sp³-hybridized carbons (Fsp3) is 0.414. The van der Waals surface area contributed by atoms with Crippen LogP contribution in [0.4, 0.5) is 0 Å². The molecule has 186 valence electrons. The standard InChI is InChI=1S/C29H38N4O2/c1-19(2)22-13-15-24(16-14-22)28(23-10-7-6-8-11-23)32-29(35)26-12-9-17-33(26)27(34)18-25(20(3)30)21(4)31-5/h6-8,10-11,13-16,19,26,28,30-31H,9,12,17-18H2,1-5H3,(H,32,35)/b25-21-,30-20?/t26-,28-/m0/s1. The van der Waals surface area contributed by atoms with Crippen molar-refractivity contribution in [3.63, 3.8) is 0 Å². The van der Waals surface area contributed by atoms with Crippen molar-refractivity contribution in [3.05, 3.63) is 82.6 Å². The number of likely N-dealkylation sites (tertiary alicyclic amines) is 1. The second-order valence-corrected chi connectivity index (χ2v) is 9.57. The lowest BCUT2D eigenvalue weighted by atomic mass is 9.95. The summed E-state index contributed by atoms with van der Waals surface area (Å²) >= 11 is 0. The molecule has 1 fully saturated rings. The van der Waals surface area contributed by atoms with Crippen molar-refractivity contribution in [2.75, 3.05) is 13.6 Å². The summed E-state index contributed by atoms with van der Waals surface area (Å²) in [6.07, 6.45) is 1.54. The Morgan fingerprint density at radius 3 is 2.17 bits per heavy atom. The average molecular weight is 475 g/mol. The summed E-state index contributed by atoms with van der Waals surface area (Å²) < 4.78 is 0. The zero-order valence-electron chi connectivity index (χ0n) is 21.5. The molecule has 1 heterocycles. The van der Waals surface area contributed by atoms with E-state index in [0.29, 0.717) is 30.2 Å². The first-order chi connectivity index (χ1) is 16.7. The van der Waals surface area contributed by atoms with Gasteiger partial charge in [0, 0.05) is 30.6 Å². The number of allylic oxidation sites excluding steroid dienone is 1. The quantitative estimate of drug-likeness (QED) is 0.451. The zero-order valence-corrected chi connectivity index (χ0v) is 21.5. The highest BCUT2D eigenvalue weighted by atomic mass is 16.2. The second-order valence-electron chi connectivity index (χ2n) is 9.57. The molecule has 0 aromatic heterocycles. The summed E-state index contributed by atoms with van der Waals surface area (Å²) in [5.74, 6) is 0.179. The van der Waals surface area contributed by atoms with Crippen LogP contribution < -0.4 is 10.6 Å². The first-order valence-corrected chi connectivity index (χ1v) is 12.4. The van der Waals surface area contributed by atoms with Crippen molar-refractivity contribution in [3.8, 4) is 0 Å². The van der Waals surface area contributed by atoms with Crippen LogP contribution in [-0.2, 0) is 9.59 Å². The summed E-state index contributed by atoms with van der Waals surface area (Å²) in [6.45, 7) is 8.43. The number of nitrogens with one attached hydrogen (secondary N) is 3. The first kappa shape index (κ1) is 26.2. The van der Waals surface area contributed by atoms with Crippen molar-refractivity contribution in [1.29, 1.82) is 5.41 Å². The molecule has 3 rings (SSSR count). The van der Waals surface area contributed by atoms with Gasteiger partial charge in [0.05, 0.1) is 12.5 Å². The minimum atomic E-state index is -0.508. The Balaban J connectivity index is 1.82. The van der Waals surface area contributed by atoms with Crippen LogP contribution in [0.15, 0.2) is 65.9 Å². The van der Waals surface area contributed by atoms with Gasteiger partial charge in [0.15, 0.2) is 0 Å². The van der Waals surface area contributed by atoms with Gasteiger partial charge in [0.2, 0.25) is 11.8 Å². The minimum absolute atomic E-state index is 0.114. The van der Waals surface area contributed by atoms with Crippen molar-refractivity contribution in [2.24, 2.45) is 0 Å². The highest BCUT2D eigenvalue weighted by molar-refractivity contribution is 6.01. The van der Waals surface area contributed by atoms with Gasteiger partial charge in [-0.1, -0.05) is 68.4 Å². The molecule has 0 aliphatic carbocycles. The summed E-state index contributed by atoms with van der Waals surface area (Å²) in [7, 11) is 1.78. The van der Waals surface area contributed by atoms with Gasteiger partial charge < -0.3 is 20.9 Å². The van der Waals surface area contributed by atoms with Gasteiger partial charge in [-0.2, -0.15) is 0 Å². The molecule has 6 heteroatoms. The molecule has 0 unspecified atom stereocenters. The van der Waals surface area contributed by atoms with Gasteiger partial charge in [0.25, 0.3) is 0 Å². The van der Waals surface area contributed by atoms with E-state index in [2.05, 4.69) is 48.7 Å². The normalized spacial score (nSPS) is 17.1. The third-order valence-corrected chi connectivity index (χ3v) is 6.84. The number of carbonyl (C=O) groups excluding carboxylic acids is 2. The molecule has 0 bridgehead atoms. The van der Waals surface area contributed by atoms with E-state index < -0.39 is 6.04 Å². The van der Waals surface area contributed by atoms with Gasteiger partial charge >= 0.3 is 0 Å². The Morgan fingerprint density at radius 2 is 1.60 bits per heavy atom. The average Bonchev–Trinajstić information content (AvgIpc) is 3.36. The van der Waals surface area contributed by atoms with Crippen LogP contribution in [0.1, 0.15) is 75.6 Å². The Morgan fingerprint density at radius 1 is 1.00 bits per heavy atom. The maximum atomic E-state index is 13.5. The zero-order chi connectivity index (χ0) is 25.5. The molecule has 0 saturated carbocycles. The lowest BCUT2D eigenvalue weighted by Gasteiger charge is -2.28. The third-order valence-electron chi connectivity index (χ3n) is 6.84. The van der Waals surface area contributed by atoms with Gasteiger partial charge in [-0.3, -0.25) is 9.59 Å². The minimum Gasteiger partial charge on any atom is -0.391 e. The molecule has 0 radical (unpaired) electrons. The van der Waals surface area contributed by atoms with E-state index in [4.69, 9.17) is 5.41 Å². The number of carbonyl (C=O) groups is 2. The lowest BCUT2D eigenvalue weighted by molar-refractivity contribution is -0.138. The number of benzene rings is 2. The highest BCUT2D eigenvalue weighted by Crippen LogP contribution is 2.27. The molecule has 1 aliphatic rings. The molecular formula is C29H38N4O2. The van der Waals surface area contributed by atoms with E-state index in [-0.39, 0.29) is 24.3 Å². The van der Waals surface area contributed by atoms with Crippen molar-refractivity contribution >= 4 is 17.5 Å². The van der Waals surface area contributed by atoms with E-state index in [9.17, 15) is 9.59 Å². The van der Waals surface area contributed by atoms with Crippen LogP contribution in [0, 0.1) is 5.41 Å². The molecule has 1 saturated heterocycles.